The molecule has 1 aromatic heterocycles. The first-order valence-electron chi connectivity index (χ1n) is 5.66. The molecule has 0 radical (unpaired) electrons. The molecule has 0 bridgehead atoms. The summed E-state index contributed by atoms with van der Waals surface area (Å²) in [6.07, 6.45) is 0. The lowest BCUT2D eigenvalue weighted by molar-refractivity contribution is 0.0660. The molecular formula is C13H9I2NO5. The van der Waals surface area contributed by atoms with Gasteiger partial charge in [0.1, 0.15) is 11.5 Å². The molecule has 0 aliphatic rings. The van der Waals surface area contributed by atoms with Crippen LogP contribution in [0.25, 0.3) is 0 Å². The highest BCUT2D eigenvalue weighted by Crippen LogP contribution is 2.26. The van der Waals surface area contributed by atoms with Crippen LogP contribution in [0.3, 0.4) is 0 Å². The number of hydrogen-bond donors (Lipinski definition) is 3. The zero-order chi connectivity index (χ0) is 15.6. The standard InChI is InChI=1S/C13H9I2NO5/c14-6-3-8(11(17)9(15)4-6)12(18)16-5-7-1-2-10(21-7)13(19)20/h1-4,17H,5H2,(H,16,18)(H,19,20). The highest BCUT2D eigenvalue weighted by molar-refractivity contribution is 14.1. The lowest BCUT2D eigenvalue weighted by atomic mass is 10.2. The van der Waals surface area contributed by atoms with Gasteiger partial charge in [-0.25, -0.2) is 4.79 Å². The molecule has 0 atom stereocenters. The molecule has 3 N–H and O–H groups in total. The van der Waals surface area contributed by atoms with Gasteiger partial charge in [0.05, 0.1) is 15.7 Å². The molecule has 2 aromatic rings. The Morgan fingerprint density at radius 3 is 2.57 bits per heavy atom. The number of carbonyl (C=O) groups is 2. The summed E-state index contributed by atoms with van der Waals surface area (Å²) in [4.78, 5) is 22.7. The fourth-order valence-corrected chi connectivity index (χ4v) is 3.43. The van der Waals surface area contributed by atoms with Gasteiger partial charge in [0.2, 0.25) is 5.76 Å². The number of carbonyl (C=O) groups excluding carboxylic acids is 1. The third-order valence-electron chi connectivity index (χ3n) is 2.57. The number of furan rings is 1. The van der Waals surface area contributed by atoms with Crippen LogP contribution in [0, 0.1) is 7.14 Å². The Morgan fingerprint density at radius 1 is 1.24 bits per heavy atom. The minimum Gasteiger partial charge on any atom is -0.506 e. The molecule has 1 heterocycles. The van der Waals surface area contributed by atoms with Crippen molar-refractivity contribution in [3.05, 3.63) is 48.5 Å². The van der Waals surface area contributed by atoms with Gasteiger partial charge in [0.25, 0.3) is 5.91 Å². The van der Waals surface area contributed by atoms with Gasteiger partial charge in [0.15, 0.2) is 0 Å². The first kappa shape index (κ1) is 16.1. The molecule has 0 saturated heterocycles. The number of halogens is 2. The monoisotopic (exact) mass is 513 g/mol. The Bertz CT molecular complexity index is 711. The van der Waals surface area contributed by atoms with Gasteiger partial charge >= 0.3 is 5.97 Å². The third-order valence-corrected chi connectivity index (χ3v) is 4.01. The number of aromatic carboxylic acids is 1. The van der Waals surface area contributed by atoms with E-state index in [2.05, 4.69) is 27.9 Å². The molecule has 0 spiro atoms. The molecular weight excluding hydrogens is 504 g/mol. The summed E-state index contributed by atoms with van der Waals surface area (Å²) in [5.74, 6) is -1.58. The number of hydrogen-bond acceptors (Lipinski definition) is 4. The second kappa shape index (κ2) is 6.64. The Balaban J connectivity index is 2.09. The van der Waals surface area contributed by atoms with Crippen molar-refractivity contribution in [3.8, 4) is 5.75 Å². The molecule has 110 valence electrons. The fraction of sp³-hybridized carbons (Fsp3) is 0.0769. The maximum absolute atomic E-state index is 12.0. The van der Waals surface area contributed by atoms with Gasteiger partial charge in [-0.15, -0.1) is 0 Å². The maximum Gasteiger partial charge on any atom is 0.371 e. The number of carboxylic acids is 1. The maximum atomic E-state index is 12.0. The van der Waals surface area contributed by atoms with Crippen molar-refractivity contribution in [3.63, 3.8) is 0 Å². The molecule has 0 aliphatic carbocycles. The van der Waals surface area contributed by atoms with Crippen LogP contribution < -0.4 is 5.32 Å². The highest BCUT2D eigenvalue weighted by atomic mass is 127. The molecule has 1 amide bonds. The van der Waals surface area contributed by atoms with E-state index in [0.717, 1.165) is 3.57 Å². The van der Waals surface area contributed by atoms with Crippen LogP contribution in [-0.4, -0.2) is 22.1 Å². The van der Waals surface area contributed by atoms with Crippen molar-refractivity contribution >= 4 is 57.1 Å². The highest BCUT2D eigenvalue weighted by Gasteiger charge is 2.16. The molecule has 0 unspecified atom stereocenters. The van der Waals surface area contributed by atoms with E-state index in [4.69, 9.17) is 9.52 Å². The molecule has 6 nitrogen and oxygen atoms in total. The Kier molecular flexibility index (Phi) is 5.08. The molecule has 0 saturated carbocycles. The normalized spacial score (nSPS) is 10.4. The van der Waals surface area contributed by atoms with Crippen molar-refractivity contribution in [2.24, 2.45) is 0 Å². The van der Waals surface area contributed by atoms with Crippen molar-refractivity contribution < 1.29 is 24.2 Å². The van der Waals surface area contributed by atoms with Gasteiger partial charge in [0, 0.05) is 3.57 Å². The smallest absolute Gasteiger partial charge is 0.371 e. The summed E-state index contributed by atoms with van der Waals surface area (Å²) >= 11 is 3.99. The van der Waals surface area contributed by atoms with Crippen molar-refractivity contribution in [2.75, 3.05) is 0 Å². The average Bonchev–Trinajstić information content (AvgIpc) is 2.89. The molecule has 8 heteroatoms. The van der Waals surface area contributed by atoms with Gasteiger partial charge in [-0.2, -0.15) is 0 Å². The van der Waals surface area contributed by atoms with E-state index in [-0.39, 0.29) is 23.6 Å². The third kappa shape index (κ3) is 3.87. The lowest BCUT2D eigenvalue weighted by Crippen LogP contribution is -2.23. The zero-order valence-electron chi connectivity index (χ0n) is 10.4. The largest absolute Gasteiger partial charge is 0.506 e. The van der Waals surface area contributed by atoms with Crippen LogP contribution in [0.2, 0.25) is 0 Å². The van der Waals surface area contributed by atoms with E-state index < -0.39 is 11.9 Å². The van der Waals surface area contributed by atoms with Gasteiger partial charge in [-0.3, -0.25) is 4.79 Å². The summed E-state index contributed by atoms with van der Waals surface area (Å²) in [5, 5.41) is 21.2. The van der Waals surface area contributed by atoms with E-state index in [1.54, 1.807) is 12.1 Å². The van der Waals surface area contributed by atoms with E-state index in [1.165, 1.54) is 12.1 Å². The van der Waals surface area contributed by atoms with Crippen molar-refractivity contribution in [2.45, 2.75) is 6.54 Å². The number of phenolic OH excluding ortho intramolecular Hbond substituents is 1. The van der Waals surface area contributed by atoms with E-state index in [0.29, 0.717) is 9.33 Å². The number of rotatable bonds is 4. The first-order chi connectivity index (χ1) is 9.88. The Labute approximate surface area is 146 Å². The van der Waals surface area contributed by atoms with Crippen LogP contribution >= 0.6 is 45.2 Å². The number of benzene rings is 1. The minimum absolute atomic E-state index is 0.0353. The van der Waals surface area contributed by atoms with Crippen LogP contribution in [0.1, 0.15) is 26.7 Å². The predicted octanol–water partition coefficient (Wildman–Crippen LogP) is 2.82. The van der Waals surface area contributed by atoms with Crippen molar-refractivity contribution in [1.29, 1.82) is 0 Å². The summed E-state index contributed by atoms with van der Waals surface area (Å²) < 4.78 is 6.43. The second-order valence-electron chi connectivity index (χ2n) is 4.04. The number of aromatic hydroxyl groups is 1. The number of nitrogens with one attached hydrogen (secondary N) is 1. The number of amides is 1. The SMILES string of the molecule is O=C(O)c1ccc(CNC(=O)c2cc(I)cc(I)c2O)o1. The quantitative estimate of drug-likeness (QED) is 0.547. The van der Waals surface area contributed by atoms with Crippen LogP contribution in [0.5, 0.6) is 5.75 Å². The number of phenols is 1. The summed E-state index contributed by atoms with van der Waals surface area (Å²) in [6, 6.07) is 6.11. The summed E-state index contributed by atoms with van der Waals surface area (Å²) in [7, 11) is 0. The van der Waals surface area contributed by atoms with Gasteiger partial charge in [-0.1, -0.05) is 0 Å². The van der Waals surface area contributed by atoms with Crippen molar-refractivity contribution in [1.82, 2.24) is 5.32 Å². The zero-order valence-corrected chi connectivity index (χ0v) is 14.7. The molecule has 21 heavy (non-hydrogen) atoms. The molecule has 0 aliphatic heterocycles. The van der Waals surface area contributed by atoms with E-state index in [1.807, 2.05) is 22.6 Å². The van der Waals surface area contributed by atoms with Gasteiger partial charge in [-0.05, 0) is 69.4 Å². The van der Waals surface area contributed by atoms with E-state index >= 15 is 0 Å². The minimum atomic E-state index is -1.17. The molecule has 0 fully saturated rings. The van der Waals surface area contributed by atoms with Gasteiger partial charge < -0.3 is 19.9 Å². The molecule has 2 rings (SSSR count). The summed E-state index contributed by atoms with van der Waals surface area (Å²) in [6.45, 7) is 0.0353. The van der Waals surface area contributed by atoms with Crippen LogP contribution in [0.4, 0.5) is 0 Å². The van der Waals surface area contributed by atoms with Crippen LogP contribution in [0.15, 0.2) is 28.7 Å². The Hall–Kier alpha value is -1.30. The Morgan fingerprint density at radius 2 is 1.95 bits per heavy atom. The molecule has 1 aromatic carbocycles. The predicted molar refractivity (Wildman–Crippen MR) is 90.4 cm³/mol. The average molecular weight is 513 g/mol. The first-order valence-corrected chi connectivity index (χ1v) is 7.82. The number of carboxylic acid groups (broad SMARTS) is 1. The second-order valence-corrected chi connectivity index (χ2v) is 6.45. The fourth-order valence-electron chi connectivity index (χ4n) is 1.59. The lowest BCUT2D eigenvalue weighted by Gasteiger charge is -2.07. The van der Waals surface area contributed by atoms with E-state index in [9.17, 15) is 14.7 Å². The topological polar surface area (TPSA) is 99.8 Å². The van der Waals surface area contributed by atoms with Crippen LogP contribution in [-0.2, 0) is 6.54 Å². The summed E-state index contributed by atoms with van der Waals surface area (Å²) in [5.41, 5.74) is 0.163.